The van der Waals surface area contributed by atoms with E-state index in [9.17, 15) is 22.8 Å². The molecule has 160 valence electrons. The third-order valence-corrected chi connectivity index (χ3v) is 4.27. The lowest BCUT2D eigenvalue weighted by atomic mass is 10.1. The number of ether oxygens (including phenoxy) is 3. The normalized spacial score (nSPS) is 24.0. The number of carbonyl (C=O) groups is 2. The van der Waals surface area contributed by atoms with E-state index in [2.05, 4.69) is 21.9 Å². The van der Waals surface area contributed by atoms with Crippen molar-refractivity contribution < 1.29 is 36.4 Å². The van der Waals surface area contributed by atoms with Crippen molar-refractivity contribution in [3.63, 3.8) is 0 Å². The van der Waals surface area contributed by atoms with Gasteiger partial charge in [-0.25, -0.2) is 9.78 Å². The van der Waals surface area contributed by atoms with Crippen LogP contribution in [0.25, 0.3) is 6.08 Å². The number of carbonyl (C=O) groups excluding carboxylic acids is 2. The van der Waals surface area contributed by atoms with Gasteiger partial charge in [0.2, 0.25) is 0 Å². The summed E-state index contributed by atoms with van der Waals surface area (Å²) in [6.45, 7) is 5.53. The van der Waals surface area contributed by atoms with Crippen molar-refractivity contribution in [3.05, 3.63) is 28.8 Å². The fourth-order valence-electron chi connectivity index (χ4n) is 2.64. The highest BCUT2D eigenvalue weighted by Gasteiger charge is 2.50. The predicted molar refractivity (Wildman–Crippen MR) is 99.1 cm³/mol. The van der Waals surface area contributed by atoms with Crippen molar-refractivity contribution in [3.8, 4) is 0 Å². The summed E-state index contributed by atoms with van der Waals surface area (Å²) in [5, 5.41) is 2.81. The van der Waals surface area contributed by atoms with Gasteiger partial charge in [-0.05, 0) is 0 Å². The smallest absolute Gasteiger partial charge is 0.346 e. The molecule has 0 spiro atoms. The number of anilines is 1. The Balaban J connectivity index is 2.39. The van der Waals surface area contributed by atoms with Crippen molar-refractivity contribution in [2.24, 2.45) is 0 Å². The lowest BCUT2D eigenvalue weighted by Crippen LogP contribution is -2.43. The second-order valence-corrected chi connectivity index (χ2v) is 7.70. The molecule has 4 atom stereocenters. The van der Waals surface area contributed by atoms with Gasteiger partial charge in [-0.15, -0.1) is 0 Å². The Morgan fingerprint density at radius 3 is 2.59 bits per heavy atom. The van der Waals surface area contributed by atoms with Crippen LogP contribution in [0.5, 0.6) is 0 Å². The van der Waals surface area contributed by atoms with Crippen LogP contribution in [0.3, 0.4) is 0 Å². The molecule has 2 N–H and O–H groups in total. The van der Waals surface area contributed by atoms with Gasteiger partial charge in [0.25, 0.3) is 10.1 Å². The van der Waals surface area contributed by atoms with Gasteiger partial charge in [0.05, 0.1) is 6.26 Å². The first-order chi connectivity index (χ1) is 13.5. The highest BCUT2D eigenvalue weighted by Crippen LogP contribution is 2.29. The Kier molecular flexibility index (Phi) is 7.11. The Bertz CT molecular complexity index is 943. The van der Waals surface area contributed by atoms with Crippen LogP contribution in [0.15, 0.2) is 17.6 Å². The molecule has 1 fully saturated rings. The topological polar surface area (TPSA) is 163 Å². The summed E-state index contributed by atoms with van der Waals surface area (Å²) in [7, 11) is -3.99. The molecule has 12 nitrogen and oxygen atoms in total. The molecular formula is C16H21N3O9S. The fourth-order valence-corrected chi connectivity index (χ4v) is 3.27. The average Bonchev–Trinajstić information content (AvgIpc) is 2.88. The van der Waals surface area contributed by atoms with E-state index in [4.69, 9.17) is 18.4 Å². The minimum Gasteiger partial charge on any atom is -0.463 e. The first-order valence-corrected chi connectivity index (χ1v) is 10.1. The predicted octanol–water partition coefficient (Wildman–Crippen LogP) is -0.611. The van der Waals surface area contributed by atoms with Crippen molar-refractivity contribution in [1.82, 2.24) is 9.97 Å². The second-order valence-electron chi connectivity index (χ2n) is 6.10. The van der Waals surface area contributed by atoms with Crippen molar-refractivity contribution in [1.29, 1.82) is 0 Å². The maximum Gasteiger partial charge on any atom is 0.346 e. The SMILES string of the molecule is C=Cc1cnc(=O)[nH]c1N[C@@H]1O[C@H](COC(C)=O)[C@H](OS(C)(=O)=O)[C@H]1OC(C)=O. The molecule has 0 bridgehead atoms. The summed E-state index contributed by atoms with van der Waals surface area (Å²) in [5.41, 5.74) is -0.265. The van der Waals surface area contributed by atoms with Crippen molar-refractivity contribution >= 4 is 34.0 Å². The molecule has 2 rings (SSSR count). The molecule has 13 heteroatoms. The van der Waals surface area contributed by atoms with Gasteiger partial charge < -0.3 is 19.5 Å². The molecule has 0 radical (unpaired) electrons. The minimum absolute atomic E-state index is 0.147. The molecule has 0 aromatic carbocycles. The van der Waals surface area contributed by atoms with E-state index < -0.39 is 52.3 Å². The molecule has 0 saturated carbocycles. The van der Waals surface area contributed by atoms with Crippen molar-refractivity contribution in [2.45, 2.75) is 38.4 Å². The minimum atomic E-state index is -3.99. The molecule has 29 heavy (non-hydrogen) atoms. The standard InChI is InChI=1S/C16H21N3O9S/c1-5-10-6-17-16(22)19-14(10)18-15-13(26-9(3)21)12(28-29(4,23)24)11(27-15)7-25-8(2)20/h5-6,11-13,15H,1,7H2,2-4H3,(H2,17,18,19,22)/t11-,12+,13-,15-/m1/s1. The van der Waals surface area contributed by atoms with Gasteiger partial charge in [-0.1, -0.05) is 12.7 Å². The fraction of sp³-hybridized carbons (Fsp3) is 0.500. The van der Waals surface area contributed by atoms with Gasteiger partial charge in [0.15, 0.2) is 12.3 Å². The van der Waals surface area contributed by atoms with Crippen molar-refractivity contribution in [2.75, 3.05) is 18.2 Å². The zero-order valence-corrected chi connectivity index (χ0v) is 16.7. The third kappa shape index (κ3) is 6.37. The maximum absolute atomic E-state index is 11.7. The van der Waals surface area contributed by atoms with Crippen LogP contribution in [0.4, 0.5) is 5.82 Å². The number of hydrogen-bond acceptors (Lipinski definition) is 11. The summed E-state index contributed by atoms with van der Waals surface area (Å²) in [6.07, 6.45) is -1.33. The summed E-state index contributed by atoms with van der Waals surface area (Å²) in [4.78, 5) is 40.3. The van der Waals surface area contributed by atoms with E-state index in [1.807, 2.05) is 0 Å². The summed E-state index contributed by atoms with van der Waals surface area (Å²) in [6, 6.07) is 0. The zero-order chi connectivity index (χ0) is 21.8. The molecule has 0 amide bonds. The van der Waals surface area contributed by atoms with Gasteiger partial charge in [0.1, 0.15) is 24.6 Å². The maximum atomic E-state index is 11.7. The molecule has 1 saturated heterocycles. The molecule has 1 aliphatic heterocycles. The Labute approximate surface area is 166 Å². The number of nitrogens with one attached hydrogen (secondary N) is 2. The van der Waals surface area contributed by atoms with E-state index in [-0.39, 0.29) is 12.4 Å². The number of rotatable bonds is 8. The van der Waals surface area contributed by atoms with Crippen LogP contribution in [0.1, 0.15) is 19.4 Å². The summed E-state index contributed by atoms with van der Waals surface area (Å²) >= 11 is 0. The van der Waals surface area contributed by atoms with E-state index in [0.717, 1.165) is 13.2 Å². The van der Waals surface area contributed by atoms with E-state index >= 15 is 0 Å². The number of hydrogen-bond donors (Lipinski definition) is 2. The molecule has 0 unspecified atom stereocenters. The number of H-pyrrole nitrogens is 1. The van der Waals surface area contributed by atoms with Crippen LogP contribution in [0, 0.1) is 0 Å². The Hall–Kier alpha value is -2.77. The van der Waals surface area contributed by atoms with Gasteiger partial charge in [-0.2, -0.15) is 8.42 Å². The van der Waals surface area contributed by atoms with Gasteiger partial charge in [-0.3, -0.25) is 18.8 Å². The van der Waals surface area contributed by atoms with Crippen LogP contribution >= 0.6 is 0 Å². The molecule has 1 aromatic rings. The van der Waals surface area contributed by atoms with Gasteiger partial charge >= 0.3 is 17.6 Å². The van der Waals surface area contributed by atoms with Crippen LogP contribution in [-0.2, 0) is 38.1 Å². The molecule has 1 aromatic heterocycles. The lowest BCUT2D eigenvalue weighted by Gasteiger charge is -2.24. The summed E-state index contributed by atoms with van der Waals surface area (Å²) in [5.74, 6) is -1.21. The number of esters is 2. The molecular weight excluding hydrogens is 410 g/mol. The summed E-state index contributed by atoms with van der Waals surface area (Å²) < 4.78 is 44.2. The van der Waals surface area contributed by atoms with Gasteiger partial charge in [0, 0.05) is 25.6 Å². The van der Waals surface area contributed by atoms with Crippen LogP contribution < -0.4 is 11.0 Å². The van der Waals surface area contributed by atoms with Crippen LogP contribution in [0.2, 0.25) is 0 Å². The monoisotopic (exact) mass is 431 g/mol. The third-order valence-electron chi connectivity index (χ3n) is 3.70. The Morgan fingerprint density at radius 1 is 1.34 bits per heavy atom. The molecule has 0 aliphatic carbocycles. The molecule has 2 heterocycles. The Morgan fingerprint density at radius 2 is 2.03 bits per heavy atom. The first kappa shape index (κ1) is 22.5. The van der Waals surface area contributed by atoms with E-state index in [1.54, 1.807) is 0 Å². The quantitative estimate of drug-likeness (QED) is 0.398. The van der Waals surface area contributed by atoms with E-state index in [0.29, 0.717) is 5.56 Å². The van der Waals surface area contributed by atoms with E-state index in [1.165, 1.54) is 19.2 Å². The second kappa shape index (κ2) is 9.15. The number of aromatic amines is 1. The average molecular weight is 431 g/mol. The highest BCUT2D eigenvalue weighted by atomic mass is 32.2. The zero-order valence-electron chi connectivity index (χ0n) is 15.9. The number of nitrogens with zero attached hydrogens (tertiary/aromatic N) is 1. The lowest BCUT2D eigenvalue weighted by molar-refractivity contribution is -0.151. The number of aromatic nitrogens is 2. The highest BCUT2D eigenvalue weighted by molar-refractivity contribution is 7.86. The largest absolute Gasteiger partial charge is 0.463 e. The first-order valence-electron chi connectivity index (χ1n) is 8.32. The molecule has 1 aliphatic rings. The van der Waals surface area contributed by atoms with Crippen LogP contribution in [-0.4, -0.2) is 67.7 Å².